The highest BCUT2D eigenvalue weighted by atomic mass is 79.9. The Morgan fingerprint density at radius 1 is 1.04 bits per heavy atom. The number of para-hydroxylation sites is 1. The largest absolute Gasteiger partial charge is 0.298 e. The fourth-order valence-corrected chi connectivity index (χ4v) is 3.68. The molecule has 3 aromatic rings. The summed E-state index contributed by atoms with van der Waals surface area (Å²) in [5.74, 6) is 1.30. The molecule has 0 atom stereocenters. The third-order valence-electron chi connectivity index (χ3n) is 3.85. The molecule has 1 heterocycles. The Balaban J connectivity index is 2.01. The van der Waals surface area contributed by atoms with Gasteiger partial charge in [0.2, 0.25) is 0 Å². The van der Waals surface area contributed by atoms with Gasteiger partial charge >= 0.3 is 0 Å². The van der Waals surface area contributed by atoms with Crippen molar-refractivity contribution in [1.82, 2.24) is 9.97 Å². The van der Waals surface area contributed by atoms with Crippen LogP contribution in [0.5, 0.6) is 0 Å². The van der Waals surface area contributed by atoms with E-state index in [0.717, 1.165) is 26.0 Å². The third kappa shape index (κ3) is 4.28. The standard InChI is InChI=1S/C20H19BrN2OS/c1-20(2,3)17(24)12-25-19-15-6-4-5-7-16(15)22-18(23-19)13-8-10-14(21)11-9-13/h4-11H,12H2,1-3H3. The number of aromatic nitrogens is 2. The Bertz CT molecular complexity index is 917. The van der Waals surface area contributed by atoms with Gasteiger partial charge < -0.3 is 0 Å². The highest BCUT2D eigenvalue weighted by Gasteiger charge is 2.22. The lowest BCUT2D eigenvalue weighted by Gasteiger charge is -2.16. The van der Waals surface area contributed by atoms with Gasteiger partial charge in [0, 0.05) is 20.8 Å². The van der Waals surface area contributed by atoms with E-state index in [4.69, 9.17) is 4.98 Å². The van der Waals surface area contributed by atoms with Gasteiger partial charge in [-0.3, -0.25) is 4.79 Å². The molecule has 3 nitrogen and oxygen atoms in total. The summed E-state index contributed by atoms with van der Waals surface area (Å²) in [4.78, 5) is 21.7. The summed E-state index contributed by atoms with van der Waals surface area (Å²) >= 11 is 4.94. The molecule has 0 bridgehead atoms. The van der Waals surface area contributed by atoms with Crippen LogP contribution in [0.1, 0.15) is 20.8 Å². The second-order valence-corrected chi connectivity index (χ2v) is 8.72. The highest BCUT2D eigenvalue weighted by molar-refractivity contribution is 9.10. The Morgan fingerprint density at radius 3 is 2.40 bits per heavy atom. The SMILES string of the molecule is CC(C)(C)C(=O)CSc1nc(-c2ccc(Br)cc2)nc2ccccc12. The van der Waals surface area contributed by atoms with E-state index in [-0.39, 0.29) is 11.2 Å². The summed E-state index contributed by atoms with van der Waals surface area (Å²) in [6.07, 6.45) is 0. The van der Waals surface area contributed by atoms with Crippen LogP contribution in [0.25, 0.3) is 22.3 Å². The average Bonchev–Trinajstić information content (AvgIpc) is 2.59. The summed E-state index contributed by atoms with van der Waals surface area (Å²) < 4.78 is 1.02. The van der Waals surface area contributed by atoms with Crippen LogP contribution >= 0.6 is 27.7 Å². The van der Waals surface area contributed by atoms with Gasteiger partial charge in [0.15, 0.2) is 5.82 Å². The predicted molar refractivity (Wildman–Crippen MR) is 108 cm³/mol. The van der Waals surface area contributed by atoms with E-state index < -0.39 is 0 Å². The second kappa shape index (κ2) is 7.26. The topological polar surface area (TPSA) is 42.9 Å². The molecule has 5 heteroatoms. The van der Waals surface area contributed by atoms with Crippen molar-refractivity contribution in [2.24, 2.45) is 5.41 Å². The van der Waals surface area contributed by atoms with E-state index in [0.29, 0.717) is 11.6 Å². The molecule has 0 aliphatic heterocycles. The maximum atomic E-state index is 12.3. The zero-order chi connectivity index (χ0) is 18.0. The van der Waals surface area contributed by atoms with Crippen LogP contribution in [0, 0.1) is 5.41 Å². The molecule has 0 spiro atoms. The number of benzene rings is 2. The first-order chi connectivity index (χ1) is 11.8. The van der Waals surface area contributed by atoms with E-state index in [1.165, 1.54) is 11.8 Å². The molecule has 0 N–H and O–H groups in total. The number of rotatable bonds is 4. The summed E-state index contributed by atoms with van der Waals surface area (Å²) in [5.41, 5.74) is 1.50. The smallest absolute Gasteiger partial charge is 0.161 e. The highest BCUT2D eigenvalue weighted by Crippen LogP contribution is 2.30. The molecule has 0 unspecified atom stereocenters. The van der Waals surface area contributed by atoms with Crippen LogP contribution in [0.2, 0.25) is 0 Å². The van der Waals surface area contributed by atoms with Crippen molar-refractivity contribution in [2.75, 3.05) is 5.75 Å². The first kappa shape index (κ1) is 18.1. The predicted octanol–water partition coefficient (Wildman–Crippen LogP) is 5.77. The minimum Gasteiger partial charge on any atom is -0.298 e. The van der Waals surface area contributed by atoms with E-state index in [1.807, 2.05) is 69.3 Å². The molecule has 0 saturated carbocycles. The molecule has 128 valence electrons. The number of hydrogen-bond donors (Lipinski definition) is 0. The molecule has 0 saturated heterocycles. The van der Waals surface area contributed by atoms with Gasteiger partial charge in [-0.15, -0.1) is 0 Å². The molecule has 2 aromatic carbocycles. The van der Waals surface area contributed by atoms with Crippen LogP contribution < -0.4 is 0 Å². The summed E-state index contributed by atoms with van der Waals surface area (Å²) in [7, 11) is 0. The normalized spacial score (nSPS) is 11.7. The van der Waals surface area contributed by atoms with Crippen LogP contribution in [-0.4, -0.2) is 21.5 Å². The maximum Gasteiger partial charge on any atom is 0.161 e. The number of halogens is 1. The number of fused-ring (bicyclic) bond motifs is 1. The summed E-state index contributed by atoms with van der Waals surface area (Å²) in [6.45, 7) is 5.84. The van der Waals surface area contributed by atoms with Crippen molar-refractivity contribution in [3.05, 3.63) is 53.0 Å². The van der Waals surface area contributed by atoms with Crippen molar-refractivity contribution < 1.29 is 4.79 Å². The van der Waals surface area contributed by atoms with E-state index in [1.54, 1.807) is 0 Å². The van der Waals surface area contributed by atoms with Gasteiger partial charge in [-0.2, -0.15) is 0 Å². The number of carbonyl (C=O) groups excluding carboxylic acids is 1. The van der Waals surface area contributed by atoms with Gasteiger partial charge in [-0.05, 0) is 18.2 Å². The molecule has 3 rings (SSSR count). The quantitative estimate of drug-likeness (QED) is 0.401. The minimum absolute atomic E-state index is 0.213. The molecular weight excluding hydrogens is 396 g/mol. The minimum atomic E-state index is -0.343. The number of thioether (sulfide) groups is 1. The Kier molecular flexibility index (Phi) is 5.25. The van der Waals surface area contributed by atoms with Crippen molar-refractivity contribution in [3.63, 3.8) is 0 Å². The molecule has 0 aliphatic rings. The monoisotopic (exact) mass is 414 g/mol. The molecule has 0 radical (unpaired) electrons. The molecule has 0 aliphatic carbocycles. The zero-order valence-electron chi connectivity index (χ0n) is 14.4. The lowest BCUT2D eigenvalue weighted by atomic mass is 9.92. The number of hydrogen-bond acceptors (Lipinski definition) is 4. The first-order valence-electron chi connectivity index (χ1n) is 8.03. The lowest BCUT2D eigenvalue weighted by Crippen LogP contribution is -2.22. The Labute approximate surface area is 160 Å². The third-order valence-corrected chi connectivity index (χ3v) is 5.37. The van der Waals surface area contributed by atoms with Gasteiger partial charge in [0.1, 0.15) is 10.8 Å². The maximum absolute atomic E-state index is 12.3. The summed E-state index contributed by atoms with van der Waals surface area (Å²) in [5, 5.41) is 1.83. The van der Waals surface area contributed by atoms with Crippen molar-refractivity contribution in [2.45, 2.75) is 25.8 Å². The van der Waals surface area contributed by atoms with Crippen molar-refractivity contribution in [3.8, 4) is 11.4 Å². The van der Waals surface area contributed by atoms with E-state index in [9.17, 15) is 4.79 Å². The average molecular weight is 415 g/mol. The molecule has 0 amide bonds. The molecular formula is C20H19BrN2OS. The lowest BCUT2D eigenvalue weighted by molar-refractivity contribution is -0.123. The van der Waals surface area contributed by atoms with Crippen LogP contribution in [0.4, 0.5) is 0 Å². The molecule has 0 fully saturated rings. The fraction of sp³-hybridized carbons (Fsp3) is 0.250. The first-order valence-corrected chi connectivity index (χ1v) is 9.81. The van der Waals surface area contributed by atoms with Crippen LogP contribution in [0.15, 0.2) is 58.0 Å². The Hall–Kier alpha value is -1.72. The van der Waals surface area contributed by atoms with Crippen molar-refractivity contribution >= 4 is 44.4 Å². The fourth-order valence-electron chi connectivity index (χ4n) is 2.24. The summed E-state index contributed by atoms with van der Waals surface area (Å²) in [6, 6.07) is 15.9. The van der Waals surface area contributed by atoms with Gasteiger partial charge in [-0.1, -0.05) is 78.8 Å². The second-order valence-electron chi connectivity index (χ2n) is 6.84. The van der Waals surface area contributed by atoms with Gasteiger partial charge in [-0.25, -0.2) is 9.97 Å². The molecule has 1 aromatic heterocycles. The van der Waals surface area contributed by atoms with Crippen LogP contribution in [0.3, 0.4) is 0 Å². The zero-order valence-corrected chi connectivity index (χ0v) is 16.8. The van der Waals surface area contributed by atoms with Gasteiger partial charge in [0.25, 0.3) is 0 Å². The molecule has 25 heavy (non-hydrogen) atoms. The van der Waals surface area contributed by atoms with Crippen LogP contribution in [-0.2, 0) is 4.79 Å². The number of carbonyl (C=O) groups is 1. The Morgan fingerprint density at radius 2 is 1.72 bits per heavy atom. The number of nitrogens with zero attached hydrogens (tertiary/aromatic N) is 2. The van der Waals surface area contributed by atoms with E-state index in [2.05, 4.69) is 20.9 Å². The van der Waals surface area contributed by atoms with Gasteiger partial charge in [0.05, 0.1) is 11.3 Å². The number of Topliss-reactive ketones (excluding diaryl/α,β-unsaturated/α-hetero) is 1. The van der Waals surface area contributed by atoms with Crippen molar-refractivity contribution in [1.29, 1.82) is 0 Å². The number of ketones is 1. The van der Waals surface area contributed by atoms with E-state index >= 15 is 0 Å².